The van der Waals surface area contributed by atoms with Crippen LogP contribution in [-0.2, 0) is 15.0 Å². The van der Waals surface area contributed by atoms with Crippen molar-refractivity contribution in [3.8, 4) is 6.07 Å². The highest BCUT2D eigenvalue weighted by Gasteiger charge is 2.53. The Kier molecular flexibility index (Phi) is 2.34. The van der Waals surface area contributed by atoms with E-state index in [4.69, 9.17) is 11.0 Å². The summed E-state index contributed by atoms with van der Waals surface area (Å²) in [5, 5.41) is 14.8. The van der Waals surface area contributed by atoms with E-state index in [-0.39, 0.29) is 5.91 Å². The van der Waals surface area contributed by atoms with Crippen LogP contribution in [0.5, 0.6) is 0 Å². The van der Waals surface area contributed by atoms with Crippen LogP contribution in [0.1, 0.15) is 17.5 Å². The molecule has 1 spiro atoms. The zero-order valence-corrected chi connectivity index (χ0v) is 10.1. The maximum atomic E-state index is 12.3. The third kappa shape index (κ3) is 1.45. The molecule has 0 saturated carbocycles. The molecule has 1 fully saturated rings. The molecular formula is C13H12N4O2. The predicted octanol–water partition coefficient (Wildman–Crippen LogP) is -0.405. The average Bonchev–Trinajstić information content (AvgIpc) is 2.95. The van der Waals surface area contributed by atoms with E-state index in [1.807, 2.05) is 6.07 Å². The Labute approximate surface area is 109 Å². The maximum Gasteiger partial charge on any atom is 0.236 e. The zero-order valence-electron chi connectivity index (χ0n) is 10.1. The van der Waals surface area contributed by atoms with E-state index in [9.17, 15) is 9.59 Å². The average molecular weight is 256 g/mol. The summed E-state index contributed by atoms with van der Waals surface area (Å²) < 4.78 is 0. The van der Waals surface area contributed by atoms with Crippen molar-refractivity contribution in [2.45, 2.75) is 17.9 Å². The lowest BCUT2D eigenvalue weighted by Gasteiger charge is -2.19. The second-order valence-electron chi connectivity index (χ2n) is 4.92. The van der Waals surface area contributed by atoms with Crippen molar-refractivity contribution in [1.29, 1.82) is 5.26 Å². The Morgan fingerprint density at radius 2 is 2.32 bits per heavy atom. The van der Waals surface area contributed by atoms with Gasteiger partial charge in [0.05, 0.1) is 22.7 Å². The number of amides is 2. The van der Waals surface area contributed by atoms with E-state index in [1.165, 1.54) is 0 Å². The van der Waals surface area contributed by atoms with E-state index >= 15 is 0 Å². The molecule has 1 aromatic rings. The lowest BCUT2D eigenvalue weighted by Crippen LogP contribution is -2.36. The molecule has 2 heterocycles. The summed E-state index contributed by atoms with van der Waals surface area (Å²) in [5.74, 6) is -0.643. The quantitative estimate of drug-likeness (QED) is 0.635. The summed E-state index contributed by atoms with van der Waals surface area (Å²) in [6.07, 6.45) is 0.329. The van der Waals surface area contributed by atoms with Gasteiger partial charge >= 0.3 is 0 Å². The van der Waals surface area contributed by atoms with Gasteiger partial charge in [0.25, 0.3) is 0 Å². The van der Waals surface area contributed by atoms with Gasteiger partial charge in [0.1, 0.15) is 6.07 Å². The fourth-order valence-corrected chi connectivity index (χ4v) is 2.90. The standard InChI is InChI=1S/C13H12N4O2/c14-5-7-2-1-3-8-10(7)17-12(19)13(8)4-9(11(15)18)16-6-13/h1-3,9,16H,4,6H2,(H2,15,18)(H,17,19)/t9-,13-/m0/s1. The molecule has 2 aliphatic rings. The summed E-state index contributed by atoms with van der Waals surface area (Å²) in [6, 6.07) is 6.77. The molecule has 2 atom stereocenters. The van der Waals surface area contributed by atoms with E-state index in [0.29, 0.717) is 24.2 Å². The molecule has 6 heteroatoms. The fourth-order valence-electron chi connectivity index (χ4n) is 2.90. The number of rotatable bonds is 1. The number of nitriles is 1. The molecular weight excluding hydrogens is 244 g/mol. The van der Waals surface area contributed by atoms with Gasteiger partial charge in [0.2, 0.25) is 11.8 Å². The Morgan fingerprint density at radius 1 is 1.53 bits per heavy atom. The van der Waals surface area contributed by atoms with Crippen molar-refractivity contribution in [2.75, 3.05) is 11.9 Å². The third-order valence-corrected chi connectivity index (χ3v) is 3.92. The number of benzene rings is 1. The van der Waals surface area contributed by atoms with E-state index in [2.05, 4.69) is 16.7 Å². The lowest BCUT2D eigenvalue weighted by atomic mass is 9.79. The molecule has 0 radical (unpaired) electrons. The molecule has 19 heavy (non-hydrogen) atoms. The van der Waals surface area contributed by atoms with Crippen LogP contribution in [0.25, 0.3) is 0 Å². The molecule has 0 aromatic heterocycles. The summed E-state index contributed by atoms with van der Waals surface area (Å²) in [5.41, 5.74) is 6.26. The number of primary amides is 1. The van der Waals surface area contributed by atoms with Crippen molar-refractivity contribution >= 4 is 17.5 Å². The van der Waals surface area contributed by atoms with Crippen LogP contribution in [-0.4, -0.2) is 24.4 Å². The minimum absolute atomic E-state index is 0.179. The lowest BCUT2D eigenvalue weighted by molar-refractivity contribution is -0.120. The number of carbonyl (C=O) groups is 2. The second kappa shape index (κ2) is 3.80. The monoisotopic (exact) mass is 256 g/mol. The first-order valence-corrected chi connectivity index (χ1v) is 5.96. The Morgan fingerprint density at radius 3 is 2.95 bits per heavy atom. The first-order chi connectivity index (χ1) is 9.08. The van der Waals surface area contributed by atoms with Crippen molar-refractivity contribution < 1.29 is 9.59 Å². The van der Waals surface area contributed by atoms with Crippen molar-refractivity contribution in [2.24, 2.45) is 5.73 Å². The van der Waals surface area contributed by atoms with Gasteiger partial charge in [-0.1, -0.05) is 12.1 Å². The smallest absolute Gasteiger partial charge is 0.236 e. The van der Waals surface area contributed by atoms with E-state index in [1.54, 1.807) is 12.1 Å². The van der Waals surface area contributed by atoms with Crippen molar-refractivity contribution in [3.05, 3.63) is 29.3 Å². The molecule has 0 bridgehead atoms. The van der Waals surface area contributed by atoms with Gasteiger partial charge in [-0.2, -0.15) is 5.26 Å². The third-order valence-electron chi connectivity index (χ3n) is 3.92. The molecule has 1 aromatic carbocycles. The number of carbonyl (C=O) groups excluding carboxylic acids is 2. The van der Waals surface area contributed by atoms with Crippen LogP contribution >= 0.6 is 0 Å². The maximum absolute atomic E-state index is 12.3. The molecule has 3 rings (SSSR count). The number of nitrogens with zero attached hydrogens (tertiary/aromatic N) is 1. The van der Waals surface area contributed by atoms with E-state index < -0.39 is 17.4 Å². The van der Waals surface area contributed by atoms with Crippen molar-refractivity contribution in [3.63, 3.8) is 0 Å². The fraction of sp³-hybridized carbons (Fsp3) is 0.308. The van der Waals surface area contributed by atoms with Crippen LogP contribution in [0.15, 0.2) is 18.2 Å². The summed E-state index contributed by atoms with van der Waals surface area (Å²) >= 11 is 0. The van der Waals surface area contributed by atoms with Crippen LogP contribution in [0, 0.1) is 11.3 Å². The molecule has 0 aliphatic carbocycles. The number of hydrogen-bond acceptors (Lipinski definition) is 4. The molecule has 1 saturated heterocycles. The van der Waals surface area contributed by atoms with E-state index in [0.717, 1.165) is 5.56 Å². The minimum atomic E-state index is -0.790. The molecule has 96 valence electrons. The number of fused-ring (bicyclic) bond motifs is 2. The van der Waals surface area contributed by atoms with Crippen LogP contribution in [0.2, 0.25) is 0 Å². The number of hydrogen-bond donors (Lipinski definition) is 3. The molecule has 4 N–H and O–H groups in total. The topological polar surface area (TPSA) is 108 Å². The van der Waals surface area contributed by atoms with Gasteiger partial charge in [-0.05, 0) is 18.1 Å². The molecule has 0 unspecified atom stereocenters. The Hall–Kier alpha value is -2.39. The number of nitrogens with two attached hydrogens (primary N) is 1. The molecule has 6 nitrogen and oxygen atoms in total. The highest BCUT2D eigenvalue weighted by atomic mass is 16.2. The van der Waals surface area contributed by atoms with Gasteiger partial charge in [0, 0.05) is 6.54 Å². The number of nitrogens with one attached hydrogen (secondary N) is 2. The molecule has 2 aliphatic heterocycles. The van der Waals surface area contributed by atoms with Crippen LogP contribution in [0.4, 0.5) is 5.69 Å². The largest absolute Gasteiger partial charge is 0.368 e. The summed E-state index contributed by atoms with van der Waals surface area (Å²) in [6.45, 7) is 0.355. The highest BCUT2D eigenvalue weighted by molar-refractivity contribution is 6.08. The van der Waals surface area contributed by atoms with Crippen LogP contribution < -0.4 is 16.4 Å². The predicted molar refractivity (Wildman–Crippen MR) is 67.1 cm³/mol. The van der Waals surface area contributed by atoms with Gasteiger partial charge < -0.3 is 16.4 Å². The Bertz CT molecular complexity index is 634. The number of anilines is 1. The van der Waals surface area contributed by atoms with Crippen LogP contribution in [0.3, 0.4) is 0 Å². The zero-order chi connectivity index (χ0) is 13.6. The summed E-state index contributed by atoms with van der Waals surface area (Å²) in [4.78, 5) is 23.5. The van der Waals surface area contributed by atoms with Crippen molar-refractivity contribution in [1.82, 2.24) is 5.32 Å². The van der Waals surface area contributed by atoms with Gasteiger partial charge in [-0.25, -0.2) is 0 Å². The highest BCUT2D eigenvalue weighted by Crippen LogP contribution is 2.44. The molecule has 2 amide bonds. The summed E-state index contributed by atoms with van der Waals surface area (Å²) in [7, 11) is 0. The first-order valence-electron chi connectivity index (χ1n) is 5.96. The first kappa shape index (κ1) is 11.7. The SMILES string of the molecule is N#Cc1cccc2c1NC(=O)[C@@]21CN[C@H](C(N)=O)C1. The number of para-hydroxylation sites is 1. The van der Waals surface area contributed by atoms with Gasteiger partial charge in [-0.15, -0.1) is 0 Å². The second-order valence-corrected chi connectivity index (χ2v) is 4.92. The normalized spacial score (nSPS) is 27.9. The van der Waals surface area contributed by atoms with Gasteiger partial charge in [-0.3, -0.25) is 9.59 Å². The minimum Gasteiger partial charge on any atom is -0.368 e. The van der Waals surface area contributed by atoms with Gasteiger partial charge in [0.15, 0.2) is 0 Å². The Balaban J connectivity index is 2.10.